The molecule has 4 aromatic rings. The molecule has 0 atom stereocenters. The molecule has 0 aliphatic carbocycles. The van der Waals surface area contributed by atoms with Crippen LogP contribution >= 0.6 is 0 Å². The van der Waals surface area contributed by atoms with Crippen molar-refractivity contribution < 1.29 is 13.2 Å². The minimum absolute atomic E-state index is 0.0896. The molecule has 3 aromatic carbocycles. The second kappa shape index (κ2) is 8.23. The molecule has 0 saturated carbocycles. The predicted molar refractivity (Wildman–Crippen MR) is 132 cm³/mol. The van der Waals surface area contributed by atoms with E-state index in [0.29, 0.717) is 11.3 Å². The predicted octanol–water partition coefficient (Wildman–Crippen LogP) is 5.16. The van der Waals surface area contributed by atoms with Gasteiger partial charge < -0.3 is 9.47 Å². The smallest absolute Gasteiger partial charge is 0.261 e. The van der Waals surface area contributed by atoms with E-state index in [1.165, 1.54) is 6.07 Å². The molecule has 0 spiro atoms. The summed E-state index contributed by atoms with van der Waals surface area (Å²) in [6.07, 6.45) is 1.97. The van der Waals surface area contributed by atoms with Crippen molar-refractivity contribution in [2.75, 3.05) is 17.8 Å². The number of nitrogens with one attached hydrogen (secondary N) is 1. The zero-order valence-electron chi connectivity index (χ0n) is 18.8. The van der Waals surface area contributed by atoms with Gasteiger partial charge >= 0.3 is 0 Å². The van der Waals surface area contributed by atoms with Gasteiger partial charge in [-0.3, -0.25) is 9.52 Å². The highest BCUT2D eigenvalue weighted by Gasteiger charge is 2.24. The lowest BCUT2D eigenvalue weighted by molar-refractivity contribution is 0.0792. The van der Waals surface area contributed by atoms with Crippen molar-refractivity contribution in [3.8, 4) is 0 Å². The number of amides is 1. The minimum Gasteiger partial charge on any atom is -0.341 e. The van der Waals surface area contributed by atoms with Crippen molar-refractivity contribution in [3.05, 3.63) is 71.8 Å². The molecule has 1 N–H and O–H groups in total. The van der Waals surface area contributed by atoms with E-state index < -0.39 is 10.0 Å². The number of aromatic nitrogens is 1. The van der Waals surface area contributed by atoms with Crippen LogP contribution in [0.1, 0.15) is 35.7 Å². The van der Waals surface area contributed by atoms with E-state index in [-0.39, 0.29) is 10.8 Å². The normalized spacial score (nSPS) is 14.3. The van der Waals surface area contributed by atoms with E-state index in [2.05, 4.69) is 28.3 Å². The number of para-hydroxylation sites is 1. The van der Waals surface area contributed by atoms with Crippen LogP contribution in [0.3, 0.4) is 0 Å². The lowest BCUT2D eigenvalue weighted by Gasteiger charge is -2.17. The Bertz CT molecular complexity index is 1480. The lowest BCUT2D eigenvalue weighted by Crippen LogP contribution is -2.28. The third kappa shape index (κ3) is 3.76. The van der Waals surface area contributed by atoms with E-state index in [0.717, 1.165) is 59.8 Å². The van der Waals surface area contributed by atoms with Crippen LogP contribution in [0.4, 0.5) is 5.69 Å². The Kier molecular flexibility index (Phi) is 5.37. The molecule has 1 aliphatic rings. The van der Waals surface area contributed by atoms with Crippen molar-refractivity contribution >= 4 is 43.4 Å². The molecule has 2 heterocycles. The number of aryl methyl sites for hydroxylation is 2. The molecule has 1 aliphatic heterocycles. The van der Waals surface area contributed by atoms with Crippen molar-refractivity contribution in [2.45, 2.75) is 38.1 Å². The van der Waals surface area contributed by atoms with Gasteiger partial charge in [-0.05, 0) is 68.7 Å². The maximum absolute atomic E-state index is 13.2. The number of likely N-dealkylation sites (tertiary alicyclic amines) is 1. The van der Waals surface area contributed by atoms with Crippen molar-refractivity contribution in [1.82, 2.24) is 9.47 Å². The molecule has 170 valence electrons. The molecule has 7 heteroatoms. The maximum Gasteiger partial charge on any atom is 0.261 e. The summed E-state index contributed by atoms with van der Waals surface area (Å²) in [4.78, 5) is 14.8. The van der Waals surface area contributed by atoms with Crippen molar-refractivity contribution in [1.29, 1.82) is 0 Å². The number of sulfonamides is 1. The van der Waals surface area contributed by atoms with Gasteiger partial charge in [0.15, 0.2) is 0 Å². The highest BCUT2D eigenvalue weighted by molar-refractivity contribution is 7.92. The van der Waals surface area contributed by atoms with Crippen LogP contribution in [0, 0.1) is 6.92 Å². The third-order valence-electron chi connectivity index (χ3n) is 6.48. The van der Waals surface area contributed by atoms with Crippen LogP contribution in [0.2, 0.25) is 0 Å². The number of hydrogen-bond donors (Lipinski definition) is 1. The second-order valence-electron chi connectivity index (χ2n) is 8.57. The standard InChI is InChI=1S/C26H27N3O3S/c1-3-29-24-9-5-4-8-21(24)23-16-19(11-13-25(23)29)27-33(31,32)20-12-10-18(2)22(17-20)26(30)28-14-6-7-15-28/h4-5,8-13,16-17,27H,3,6-7,14-15H2,1-2H3. The minimum atomic E-state index is -3.86. The Morgan fingerprint density at radius 3 is 2.42 bits per heavy atom. The van der Waals surface area contributed by atoms with E-state index in [1.807, 2.05) is 31.2 Å². The fraction of sp³-hybridized carbons (Fsp3) is 0.269. The van der Waals surface area contributed by atoms with E-state index in [1.54, 1.807) is 23.1 Å². The molecule has 1 aromatic heterocycles. The van der Waals surface area contributed by atoms with E-state index in [4.69, 9.17) is 0 Å². The van der Waals surface area contributed by atoms with Crippen LogP contribution in [-0.2, 0) is 16.6 Å². The summed E-state index contributed by atoms with van der Waals surface area (Å²) in [5, 5.41) is 2.09. The quantitative estimate of drug-likeness (QED) is 0.446. The first-order valence-electron chi connectivity index (χ1n) is 11.3. The van der Waals surface area contributed by atoms with Gasteiger partial charge in [0.1, 0.15) is 0 Å². The number of hydrogen-bond acceptors (Lipinski definition) is 3. The number of fused-ring (bicyclic) bond motifs is 3. The first kappa shape index (κ1) is 21.5. The van der Waals surface area contributed by atoms with Crippen LogP contribution in [0.5, 0.6) is 0 Å². The maximum atomic E-state index is 13.2. The number of carbonyl (C=O) groups excluding carboxylic acids is 1. The van der Waals surface area contributed by atoms with Crippen LogP contribution in [0.15, 0.2) is 65.6 Å². The zero-order chi connectivity index (χ0) is 23.2. The Labute approximate surface area is 193 Å². The first-order valence-corrected chi connectivity index (χ1v) is 12.8. The SMILES string of the molecule is CCn1c2ccccc2c2cc(NS(=O)(=O)c3ccc(C)c(C(=O)N4CCCC4)c3)ccc21. The van der Waals surface area contributed by atoms with Gasteiger partial charge in [0.2, 0.25) is 0 Å². The molecular weight excluding hydrogens is 434 g/mol. The topological polar surface area (TPSA) is 71.4 Å². The van der Waals surface area contributed by atoms with Crippen LogP contribution in [0.25, 0.3) is 21.8 Å². The van der Waals surface area contributed by atoms with Gasteiger partial charge in [-0.2, -0.15) is 0 Å². The third-order valence-corrected chi connectivity index (χ3v) is 7.86. The van der Waals surface area contributed by atoms with Crippen LogP contribution in [-0.4, -0.2) is 36.9 Å². The number of carbonyl (C=O) groups is 1. The van der Waals surface area contributed by atoms with Crippen molar-refractivity contribution in [3.63, 3.8) is 0 Å². The highest BCUT2D eigenvalue weighted by atomic mass is 32.2. The van der Waals surface area contributed by atoms with Gasteiger partial charge in [0.05, 0.1) is 4.90 Å². The Hall–Kier alpha value is -3.32. The van der Waals surface area contributed by atoms with Crippen LogP contribution < -0.4 is 4.72 Å². The molecular formula is C26H27N3O3S. The number of anilines is 1. The van der Waals surface area contributed by atoms with Gasteiger partial charge in [0, 0.05) is 52.7 Å². The molecule has 0 bridgehead atoms. The average molecular weight is 462 g/mol. The number of rotatable bonds is 5. The Morgan fingerprint density at radius 2 is 1.67 bits per heavy atom. The summed E-state index contributed by atoms with van der Waals surface area (Å²) < 4.78 is 31.4. The van der Waals surface area contributed by atoms with Gasteiger partial charge in [0.25, 0.3) is 15.9 Å². The zero-order valence-corrected chi connectivity index (χ0v) is 19.7. The molecule has 6 nitrogen and oxygen atoms in total. The van der Waals surface area contributed by atoms with E-state index >= 15 is 0 Å². The molecule has 1 saturated heterocycles. The summed E-state index contributed by atoms with van der Waals surface area (Å²) in [5.74, 6) is -0.101. The summed E-state index contributed by atoms with van der Waals surface area (Å²) in [6.45, 7) is 6.20. The summed E-state index contributed by atoms with van der Waals surface area (Å²) >= 11 is 0. The Morgan fingerprint density at radius 1 is 0.939 bits per heavy atom. The first-order chi connectivity index (χ1) is 15.9. The lowest BCUT2D eigenvalue weighted by atomic mass is 10.1. The monoisotopic (exact) mass is 461 g/mol. The fourth-order valence-electron chi connectivity index (χ4n) is 4.76. The van der Waals surface area contributed by atoms with Gasteiger partial charge in [-0.1, -0.05) is 24.3 Å². The number of benzene rings is 3. The molecule has 0 unspecified atom stereocenters. The average Bonchev–Trinajstić information content (AvgIpc) is 3.45. The largest absolute Gasteiger partial charge is 0.341 e. The fourth-order valence-corrected chi connectivity index (χ4v) is 5.84. The summed E-state index contributed by atoms with van der Waals surface area (Å²) in [5.41, 5.74) is 3.91. The molecule has 33 heavy (non-hydrogen) atoms. The van der Waals surface area contributed by atoms with Gasteiger partial charge in [-0.15, -0.1) is 0 Å². The summed E-state index contributed by atoms with van der Waals surface area (Å²) in [6, 6.07) is 18.5. The van der Waals surface area contributed by atoms with E-state index in [9.17, 15) is 13.2 Å². The molecule has 1 fully saturated rings. The molecule has 1 amide bonds. The number of nitrogens with zero attached hydrogens (tertiary/aromatic N) is 2. The van der Waals surface area contributed by atoms with Crippen molar-refractivity contribution in [2.24, 2.45) is 0 Å². The second-order valence-corrected chi connectivity index (χ2v) is 10.3. The Balaban J connectivity index is 1.51. The van der Waals surface area contributed by atoms with Gasteiger partial charge in [-0.25, -0.2) is 8.42 Å². The molecule has 0 radical (unpaired) electrons. The molecule has 5 rings (SSSR count). The summed E-state index contributed by atoms with van der Waals surface area (Å²) in [7, 11) is -3.86. The highest BCUT2D eigenvalue weighted by Crippen LogP contribution is 2.32.